The van der Waals surface area contributed by atoms with Crippen molar-refractivity contribution in [2.45, 2.75) is 26.7 Å². The minimum Gasteiger partial charge on any atom is -0.378 e. The van der Waals surface area contributed by atoms with Crippen molar-refractivity contribution in [3.63, 3.8) is 0 Å². The summed E-state index contributed by atoms with van der Waals surface area (Å²) in [5.74, 6) is 1.39. The van der Waals surface area contributed by atoms with Crippen LogP contribution in [0.3, 0.4) is 0 Å². The predicted octanol–water partition coefficient (Wildman–Crippen LogP) is 2.54. The van der Waals surface area contributed by atoms with Crippen LogP contribution in [0, 0.1) is 19.7 Å². The van der Waals surface area contributed by atoms with Crippen LogP contribution in [-0.2, 0) is 16.0 Å². The van der Waals surface area contributed by atoms with E-state index in [2.05, 4.69) is 20.2 Å². The SMILES string of the molecule is Cc1nn(-c2ccc(N3CCOCC3)nn2)c(C)c1CCC(=O)N1CCN(c2ccccc2F)CC1. The highest BCUT2D eigenvalue weighted by molar-refractivity contribution is 5.77. The molecule has 2 aliphatic rings. The van der Waals surface area contributed by atoms with E-state index in [4.69, 9.17) is 4.74 Å². The molecule has 2 saturated heterocycles. The topological polar surface area (TPSA) is 79.6 Å². The summed E-state index contributed by atoms with van der Waals surface area (Å²) < 4.78 is 21.3. The van der Waals surface area contributed by atoms with Crippen LogP contribution >= 0.6 is 0 Å². The maximum absolute atomic E-state index is 14.1. The Morgan fingerprint density at radius 1 is 0.917 bits per heavy atom. The van der Waals surface area contributed by atoms with Crippen LogP contribution in [0.15, 0.2) is 36.4 Å². The van der Waals surface area contributed by atoms with Crippen molar-refractivity contribution in [1.82, 2.24) is 24.9 Å². The normalized spacial score (nSPS) is 16.5. The molecule has 10 heteroatoms. The van der Waals surface area contributed by atoms with Crippen molar-refractivity contribution in [3.8, 4) is 5.82 Å². The molecule has 0 bridgehead atoms. The molecule has 9 nitrogen and oxygen atoms in total. The third-order valence-corrected chi connectivity index (χ3v) is 7.04. The van der Waals surface area contributed by atoms with E-state index in [1.165, 1.54) is 6.07 Å². The van der Waals surface area contributed by atoms with Gasteiger partial charge in [-0.2, -0.15) is 5.10 Å². The molecule has 0 atom stereocenters. The number of rotatable bonds is 6. The number of carbonyl (C=O) groups excluding carboxylic acids is 1. The van der Waals surface area contributed by atoms with Crippen LogP contribution in [0.4, 0.5) is 15.9 Å². The lowest BCUT2D eigenvalue weighted by Crippen LogP contribution is -2.49. The van der Waals surface area contributed by atoms with Gasteiger partial charge in [0.2, 0.25) is 5.91 Å². The maximum atomic E-state index is 14.1. The predicted molar refractivity (Wildman–Crippen MR) is 135 cm³/mol. The number of carbonyl (C=O) groups is 1. The third kappa shape index (κ3) is 5.04. The molecule has 0 unspecified atom stereocenters. The molecule has 2 fully saturated rings. The second kappa shape index (κ2) is 10.6. The Morgan fingerprint density at radius 2 is 1.61 bits per heavy atom. The van der Waals surface area contributed by atoms with Gasteiger partial charge in [0.15, 0.2) is 11.6 Å². The first-order chi connectivity index (χ1) is 17.5. The fraction of sp³-hybridized carbons (Fsp3) is 0.462. The van der Waals surface area contributed by atoms with Gasteiger partial charge in [0.25, 0.3) is 0 Å². The van der Waals surface area contributed by atoms with Crippen molar-refractivity contribution in [1.29, 1.82) is 0 Å². The van der Waals surface area contributed by atoms with Gasteiger partial charge in [-0.1, -0.05) is 12.1 Å². The maximum Gasteiger partial charge on any atom is 0.223 e. The van der Waals surface area contributed by atoms with Gasteiger partial charge in [0.05, 0.1) is 24.6 Å². The van der Waals surface area contributed by atoms with Gasteiger partial charge in [-0.15, -0.1) is 10.2 Å². The molecule has 1 aromatic carbocycles. The number of aryl methyl sites for hydroxylation is 1. The summed E-state index contributed by atoms with van der Waals surface area (Å²) in [6.45, 7) is 9.42. The Balaban J connectivity index is 1.18. The number of para-hydroxylation sites is 1. The number of ether oxygens (including phenoxy) is 1. The van der Waals surface area contributed by atoms with Crippen molar-refractivity contribution in [2.75, 3.05) is 62.3 Å². The van der Waals surface area contributed by atoms with E-state index in [-0.39, 0.29) is 11.7 Å². The summed E-state index contributed by atoms with van der Waals surface area (Å²) in [4.78, 5) is 19.0. The van der Waals surface area contributed by atoms with Crippen molar-refractivity contribution < 1.29 is 13.9 Å². The first kappa shape index (κ1) is 24.2. The van der Waals surface area contributed by atoms with Gasteiger partial charge in [0, 0.05) is 51.4 Å². The quantitative estimate of drug-likeness (QED) is 0.522. The molecule has 1 amide bonds. The largest absolute Gasteiger partial charge is 0.378 e. The van der Waals surface area contributed by atoms with E-state index < -0.39 is 0 Å². The van der Waals surface area contributed by atoms with E-state index in [1.54, 1.807) is 16.8 Å². The van der Waals surface area contributed by atoms with Gasteiger partial charge in [-0.3, -0.25) is 4.79 Å². The van der Waals surface area contributed by atoms with Crippen LogP contribution in [-0.4, -0.2) is 83.3 Å². The second-order valence-corrected chi connectivity index (χ2v) is 9.23. The Kier molecular flexibility index (Phi) is 7.13. The first-order valence-corrected chi connectivity index (χ1v) is 12.5. The standard InChI is InChI=1S/C26H32FN7O2/c1-19-21(7-10-26(35)33-13-11-31(12-14-33)23-6-4-3-5-22(23)27)20(2)34(30-19)25-9-8-24(28-29-25)32-15-17-36-18-16-32/h3-6,8-9H,7,10-18H2,1-2H3. The summed E-state index contributed by atoms with van der Waals surface area (Å²) in [6.07, 6.45) is 1.03. The number of hydrogen-bond donors (Lipinski definition) is 0. The fourth-order valence-electron chi connectivity index (χ4n) is 4.95. The lowest BCUT2D eigenvalue weighted by molar-refractivity contribution is -0.131. The molecular weight excluding hydrogens is 461 g/mol. The molecule has 5 rings (SSSR count). The van der Waals surface area contributed by atoms with Gasteiger partial charge in [-0.25, -0.2) is 9.07 Å². The van der Waals surface area contributed by atoms with E-state index in [0.717, 1.165) is 35.9 Å². The summed E-state index contributed by atoms with van der Waals surface area (Å²) in [7, 11) is 0. The number of aromatic nitrogens is 4. The Bertz CT molecular complexity index is 1200. The van der Waals surface area contributed by atoms with Gasteiger partial charge < -0.3 is 19.4 Å². The van der Waals surface area contributed by atoms with Crippen LogP contribution in [0.2, 0.25) is 0 Å². The minimum atomic E-state index is -0.222. The van der Waals surface area contributed by atoms with Gasteiger partial charge in [0.1, 0.15) is 5.82 Å². The molecule has 2 aromatic heterocycles. The van der Waals surface area contributed by atoms with E-state index >= 15 is 0 Å². The van der Waals surface area contributed by atoms with Crippen molar-refractivity contribution in [2.24, 2.45) is 0 Å². The number of morpholine rings is 1. The number of benzene rings is 1. The fourth-order valence-corrected chi connectivity index (χ4v) is 4.95. The Labute approximate surface area is 210 Å². The highest BCUT2D eigenvalue weighted by atomic mass is 19.1. The zero-order valence-corrected chi connectivity index (χ0v) is 20.9. The molecular formula is C26H32FN7O2. The highest BCUT2D eigenvalue weighted by Gasteiger charge is 2.24. The average molecular weight is 494 g/mol. The van der Waals surface area contributed by atoms with Crippen LogP contribution < -0.4 is 9.80 Å². The Morgan fingerprint density at radius 3 is 2.31 bits per heavy atom. The zero-order chi connectivity index (χ0) is 25.1. The molecule has 3 aromatic rings. The van der Waals surface area contributed by atoms with Crippen molar-refractivity contribution in [3.05, 3.63) is 59.2 Å². The number of piperazine rings is 1. The summed E-state index contributed by atoms with van der Waals surface area (Å²) in [5.41, 5.74) is 3.53. The molecule has 4 heterocycles. The number of halogens is 1. The molecule has 0 saturated carbocycles. The summed E-state index contributed by atoms with van der Waals surface area (Å²) >= 11 is 0. The molecule has 0 spiro atoms. The third-order valence-electron chi connectivity index (χ3n) is 7.04. The minimum absolute atomic E-state index is 0.115. The molecule has 190 valence electrons. The summed E-state index contributed by atoms with van der Waals surface area (Å²) in [5, 5.41) is 13.5. The number of anilines is 2. The summed E-state index contributed by atoms with van der Waals surface area (Å²) in [6, 6.07) is 10.7. The van der Waals surface area contributed by atoms with Crippen LogP contribution in [0.5, 0.6) is 0 Å². The lowest BCUT2D eigenvalue weighted by Gasteiger charge is -2.36. The van der Waals surface area contributed by atoms with Crippen LogP contribution in [0.1, 0.15) is 23.4 Å². The molecule has 2 aliphatic heterocycles. The average Bonchev–Trinajstić information content (AvgIpc) is 3.21. The second-order valence-electron chi connectivity index (χ2n) is 9.23. The first-order valence-electron chi connectivity index (χ1n) is 12.5. The highest BCUT2D eigenvalue weighted by Crippen LogP contribution is 2.22. The molecule has 0 N–H and O–H groups in total. The van der Waals surface area contributed by atoms with E-state index in [0.29, 0.717) is 63.7 Å². The van der Waals surface area contributed by atoms with E-state index in [9.17, 15) is 9.18 Å². The monoisotopic (exact) mass is 493 g/mol. The lowest BCUT2D eigenvalue weighted by atomic mass is 10.1. The molecule has 36 heavy (non-hydrogen) atoms. The molecule has 0 aliphatic carbocycles. The van der Waals surface area contributed by atoms with E-state index in [1.807, 2.05) is 41.8 Å². The number of nitrogens with zero attached hydrogens (tertiary/aromatic N) is 7. The zero-order valence-electron chi connectivity index (χ0n) is 20.9. The smallest absolute Gasteiger partial charge is 0.223 e. The van der Waals surface area contributed by atoms with Crippen molar-refractivity contribution >= 4 is 17.4 Å². The van der Waals surface area contributed by atoms with Gasteiger partial charge >= 0.3 is 0 Å². The number of hydrogen-bond acceptors (Lipinski definition) is 7. The molecule has 0 radical (unpaired) electrons. The Hall–Kier alpha value is -3.53. The number of amides is 1. The van der Waals surface area contributed by atoms with Gasteiger partial charge in [-0.05, 0) is 50.1 Å². The van der Waals surface area contributed by atoms with Crippen LogP contribution in [0.25, 0.3) is 5.82 Å².